The number of aromatic nitrogens is 2. The van der Waals surface area contributed by atoms with Gasteiger partial charge in [0.1, 0.15) is 5.75 Å². The van der Waals surface area contributed by atoms with E-state index >= 15 is 0 Å². The minimum Gasteiger partial charge on any atom is -0.424 e. The molecule has 2 fully saturated rings. The van der Waals surface area contributed by atoms with Crippen molar-refractivity contribution in [3.05, 3.63) is 48.3 Å². The van der Waals surface area contributed by atoms with E-state index in [9.17, 15) is 4.79 Å². The Morgan fingerprint density at radius 3 is 2.69 bits per heavy atom. The smallest absolute Gasteiger partial charge is 0.321 e. The number of nitrogens with zero attached hydrogens (tertiary/aromatic N) is 2. The Morgan fingerprint density at radius 1 is 1.22 bits per heavy atom. The van der Waals surface area contributed by atoms with Crippen molar-refractivity contribution in [1.82, 2.24) is 15.3 Å². The SMILES string of the molecule is COCCC(=O)N[C@]1(C)C[C@H](c2ccc(Oc3ncccn3)cc2)O[C@@H]2C[C@H](C)CC[C@H]21. The molecule has 2 aliphatic rings. The van der Waals surface area contributed by atoms with Crippen molar-refractivity contribution in [3.63, 3.8) is 0 Å². The van der Waals surface area contributed by atoms with Crippen LogP contribution >= 0.6 is 0 Å². The number of methoxy groups -OCH3 is 1. The summed E-state index contributed by atoms with van der Waals surface area (Å²) in [6.07, 6.45) is 7.73. The van der Waals surface area contributed by atoms with Crippen LogP contribution < -0.4 is 10.1 Å². The maximum Gasteiger partial charge on any atom is 0.321 e. The van der Waals surface area contributed by atoms with E-state index in [0.29, 0.717) is 36.6 Å². The molecule has 32 heavy (non-hydrogen) atoms. The molecular formula is C25H33N3O4. The predicted octanol–water partition coefficient (Wildman–Crippen LogP) is 4.45. The molecule has 1 aliphatic heterocycles. The minimum absolute atomic E-state index is 0.0407. The summed E-state index contributed by atoms with van der Waals surface area (Å²) in [5.74, 6) is 1.67. The molecule has 0 radical (unpaired) electrons. The lowest BCUT2D eigenvalue weighted by molar-refractivity contribution is -0.154. The fourth-order valence-electron chi connectivity index (χ4n) is 5.11. The summed E-state index contributed by atoms with van der Waals surface area (Å²) < 4.78 is 17.4. The van der Waals surface area contributed by atoms with Gasteiger partial charge in [-0.1, -0.05) is 25.5 Å². The fraction of sp³-hybridized carbons (Fsp3) is 0.560. The topological polar surface area (TPSA) is 82.6 Å². The van der Waals surface area contributed by atoms with E-state index in [2.05, 4.69) is 29.1 Å². The first-order chi connectivity index (χ1) is 15.5. The van der Waals surface area contributed by atoms with E-state index in [1.54, 1.807) is 25.6 Å². The second kappa shape index (κ2) is 9.96. The van der Waals surface area contributed by atoms with E-state index in [-0.39, 0.29) is 23.7 Å². The lowest BCUT2D eigenvalue weighted by atomic mass is 9.66. The highest BCUT2D eigenvalue weighted by atomic mass is 16.5. The molecule has 7 heteroatoms. The van der Waals surface area contributed by atoms with Crippen molar-refractivity contribution < 1.29 is 19.0 Å². The van der Waals surface area contributed by atoms with Gasteiger partial charge in [-0.2, -0.15) is 0 Å². The third-order valence-electron chi connectivity index (χ3n) is 6.78. The highest BCUT2D eigenvalue weighted by molar-refractivity contribution is 5.77. The zero-order valence-corrected chi connectivity index (χ0v) is 19.1. The molecule has 1 saturated carbocycles. The monoisotopic (exact) mass is 439 g/mol. The van der Waals surface area contributed by atoms with Crippen LogP contribution in [0.1, 0.15) is 57.6 Å². The van der Waals surface area contributed by atoms with Gasteiger partial charge in [0.25, 0.3) is 0 Å². The second-order valence-electron chi connectivity index (χ2n) is 9.30. The number of carbonyl (C=O) groups excluding carboxylic acids is 1. The molecule has 1 N–H and O–H groups in total. The normalized spacial score (nSPS) is 29.7. The summed E-state index contributed by atoms with van der Waals surface area (Å²) in [5.41, 5.74) is 0.770. The van der Waals surface area contributed by atoms with Gasteiger partial charge in [0.05, 0.1) is 18.8 Å². The van der Waals surface area contributed by atoms with Crippen LogP contribution in [0.25, 0.3) is 0 Å². The quantitative estimate of drug-likeness (QED) is 0.686. The number of fused-ring (bicyclic) bond motifs is 1. The van der Waals surface area contributed by atoms with Crippen LogP contribution in [-0.2, 0) is 14.3 Å². The number of amides is 1. The largest absolute Gasteiger partial charge is 0.424 e. The van der Waals surface area contributed by atoms with Gasteiger partial charge in [-0.05, 0) is 49.4 Å². The van der Waals surface area contributed by atoms with Crippen molar-refractivity contribution in [2.75, 3.05) is 13.7 Å². The Balaban J connectivity index is 1.51. The van der Waals surface area contributed by atoms with Gasteiger partial charge in [0.2, 0.25) is 5.91 Å². The van der Waals surface area contributed by atoms with Crippen molar-refractivity contribution in [2.24, 2.45) is 11.8 Å². The Labute approximate surface area is 189 Å². The molecule has 1 aliphatic carbocycles. The standard InChI is InChI=1S/C25H33N3O4/c1-17-5-10-20-21(15-17)32-22(16-25(20,2)28-23(29)11-14-30-3)18-6-8-19(9-7-18)31-24-26-12-4-13-27-24/h4,6-9,12-13,17,20-22H,5,10-11,14-16H2,1-3H3,(H,28,29)/t17-,20-,21-,22-,25-/m1/s1. The molecule has 1 amide bonds. The molecule has 0 bridgehead atoms. The van der Waals surface area contributed by atoms with Crippen LogP contribution in [0.5, 0.6) is 11.8 Å². The van der Waals surface area contributed by atoms with Crippen LogP contribution in [0, 0.1) is 11.8 Å². The number of hydrogen-bond acceptors (Lipinski definition) is 6. The van der Waals surface area contributed by atoms with Crippen LogP contribution in [0.4, 0.5) is 0 Å². The van der Waals surface area contributed by atoms with Gasteiger partial charge in [0, 0.05) is 43.8 Å². The number of hydrogen-bond donors (Lipinski definition) is 1. The molecule has 0 unspecified atom stereocenters. The lowest BCUT2D eigenvalue weighted by Gasteiger charge is -2.52. The minimum atomic E-state index is -0.314. The highest BCUT2D eigenvalue weighted by Crippen LogP contribution is 2.48. The number of rotatable bonds is 7. The number of nitrogens with one attached hydrogen (secondary N) is 1. The Morgan fingerprint density at radius 2 is 1.97 bits per heavy atom. The highest BCUT2D eigenvalue weighted by Gasteiger charge is 2.49. The molecule has 5 atom stereocenters. The average Bonchev–Trinajstić information content (AvgIpc) is 2.78. The number of carbonyl (C=O) groups is 1. The summed E-state index contributed by atoms with van der Waals surface area (Å²) >= 11 is 0. The first kappa shape index (κ1) is 22.7. The van der Waals surface area contributed by atoms with Crippen LogP contribution in [0.3, 0.4) is 0 Å². The number of ether oxygens (including phenoxy) is 3. The van der Waals surface area contributed by atoms with E-state index in [1.807, 2.05) is 24.3 Å². The van der Waals surface area contributed by atoms with Crippen molar-refractivity contribution in [2.45, 2.75) is 63.7 Å². The molecule has 172 valence electrons. The summed E-state index contributed by atoms with van der Waals surface area (Å²) in [5, 5.41) is 3.35. The maximum atomic E-state index is 12.6. The Kier molecular flexibility index (Phi) is 7.06. The van der Waals surface area contributed by atoms with Crippen molar-refractivity contribution in [3.8, 4) is 11.8 Å². The summed E-state index contributed by atoms with van der Waals surface area (Å²) in [6.45, 7) is 4.90. The molecule has 2 aromatic rings. The van der Waals surface area contributed by atoms with E-state index in [1.165, 1.54) is 6.42 Å². The zero-order valence-electron chi connectivity index (χ0n) is 19.1. The molecule has 2 heterocycles. The first-order valence-electron chi connectivity index (χ1n) is 11.5. The van der Waals surface area contributed by atoms with Gasteiger partial charge >= 0.3 is 6.01 Å². The summed E-state index contributed by atoms with van der Waals surface area (Å²) in [6, 6.07) is 9.96. The van der Waals surface area contributed by atoms with E-state index in [4.69, 9.17) is 14.2 Å². The van der Waals surface area contributed by atoms with Gasteiger partial charge < -0.3 is 19.5 Å². The Hall–Kier alpha value is -2.51. The zero-order chi connectivity index (χ0) is 22.6. The molecule has 4 rings (SSSR count). The van der Waals surface area contributed by atoms with Crippen LogP contribution in [0.2, 0.25) is 0 Å². The van der Waals surface area contributed by atoms with E-state index < -0.39 is 0 Å². The average molecular weight is 440 g/mol. The van der Waals surface area contributed by atoms with Gasteiger partial charge in [0.15, 0.2) is 0 Å². The molecule has 1 aromatic carbocycles. The van der Waals surface area contributed by atoms with Crippen molar-refractivity contribution in [1.29, 1.82) is 0 Å². The van der Waals surface area contributed by atoms with Crippen molar-refractivity contribution >= 4 is 5.91 Å². The van der Waals surface area contributed by atoms with Crippen LogP contribution in [-0.4, -0.2) is 41.2 Å². The molecule has 1 aromatic heterocycles. The summed E-state index contributed by atoms with van der Waals surface area (Å²) in [7, 11) is 1.62. The number of benzene rings is 1. The van der Waals surface area contributed by atoms with Gasteiger partial charge in [-0.25, -0.2) is 9.97 Å². The van der Waals surface area contributed by atoms with Gasteiger partial charge in [-0.15, -0.1) is 0 Å². The molecular weight excluding hydrogens is 406 g/mol. The maximum absolute atomic E-state index is 12.6. The molecule has 1 saturated heterocycles. The lowest BCUT2D eigenvalue weighted by Crippen LogP contribution is -2.60. The fourth-order valence-corrected chi connectivity index (χ4v) is 5.11. The van der Waals surface area contributed by atoms with E-state index in [0.717, 1.165) is 24.8 Å². The molecule has 7 nitrogen and oxygen atoms in total. The van der Waals surface area contributed by atoms with Crippen LogP contribution in [0.15, 0.2) is 42.7 Å². The predicted molar refractivity (Wildman–Crippen MR) is 120 cm³/mol. The second-order valence-corrected chi connectivity index (χ2v) is 9.30. The third kappa shape index (κ3) is 5.27. The first-order valence-corrected chi connectivity index (χ1v) is 11.5. The summed E-state index contributed by atoms with van der Waals surface area (Å²) in [4.78, 5) is 20.8. The Bertz CT molecular complexity index is 892. The van der Waals surface area contributed by atoms with Gasteiger partial charge in [-0.3, -0.25) is 4.79 Å². The molecule has 0 spiro atoms. The third-order valence-corrected chi connectivity index (χ3v) is 6.78.